The molecule has 3 N–H and O–H groups in total. The Hall–Kier alpha value is -4.49. The van der Waals surface area contributed by atoms with Gasteiger partial charge in [-0.1, -0.05) is 6.07 Å². The van der Waals surface area contributed by atoms with Gasteiger partial charge in [-0.3, -0.25) is 14.4 Å². The number of urea groups is 1. The van der Waals surface area contributed by atoms with Gasteiger partial charge < -0.3 is 35.2 Å². The summed E-state index contributed by atoms with van der Waals surface area (Å²) < 4.78 is 18.8. The average molecular weight is 610 g/mol. The van der Waals surface area contributed by atoms with Gasteiger partial charge in [0.05, 0.1) is 37.1 Å². The molecule has 2 fully saturated rings. The summed E-state index contributed by atoms with van der Waals surface area (Å²) in [6.07, 6.45) is -0.286. The van der Waals surface area contributed by atoms with Gasteiger partial charge in [-0.2, -0.15) is 0 Å². The molecule has 2 aromatic carbocycles. The first-order valence-electron chi connectivity index (χ1n) is 13.9. The number of rotatable bonds is 8. The monoisotopic (exact) mass is 609 g/mol. The maximum atomic E-state index is 13.5. The van der Waals surface area contributed by atoms with Crippen LogP contribution in [0.25, 0.3) is 0 Å². The topological polar surface area (TPSA) is 132 Å². The Morgan fingerprint density at radius 3 is 2.21 bits per heavy atom. The lowest BCUT2D eigenvalue weighted by molar-refractivity contribution is -0.137. The molecule has 0 radical (unpaired) electrons. The fraction of sp³-hybridized carbons (Fsp3) is 0.333. The number of carboxylic acid groups (broad SMARTS) is 1. The summed E-state index contributed by atoms with van der Waals surface area (Å²) in [5.41, 5.74) is 1.49. The third-order valence-electron chi connectivity index (χ3n) is 7.36. The maximum Gasteiger partial charge on any atom is 0.320 e. The first-order valence-corrected chi connectivity index (χ1v) is 14.8. The van der Waals surface area contributed by atoms with E-state index in [-0.39, 0.29) is 23.6 Å². The zero-order valence-corrected chi connectivity index (χ0v) is 24.1. The lowest BCUT2D eigenvalue weighted by atomic mass is 10.1. The van der Waals surface area contributed by atoms with Gasteiger partial charge in [0.25, 0.3) is 11.8 Å². The minimum Gasteiger partial charge on any atom is -0.481 e. The Bertz CT molecular complexity index is 1450. The number of hydrogen-bond donors (Lipinski definition) is 3. The molecule has 2 aliphatic rings. The van der Waals surface area contributed by atoms with Gasteiger partial charge in [-0.25, -0.2) is 9.18 Å². The number of nitrogens with one attached hydrogen (secondary N) is 2. The van der Waals surface area contributed by atoms with Crippen molar-refractivity contribution in [1.29, 1.82) is 0 Å². The SMILES string of the molecule is O=C(O)CC(NC(=O)c1ccc(N2CCN(C(=O)N3CCOCC3)CC2)c(NC(=O)c2ccc(F)cc2)c1)c1cccs1. The lowest BCUT2D eigenvalue weighted by Gasteiger charge is -2.39. The van der Waals surface area contributed by atoms with Gasteiger partial charge in [-0.05, 0) is 53.9 Å². The highest BCUT2D eigenvalue weighted by atomic mass is 32.1. The van der Waals surface area contributed by atoms with E-state index in [0.717, 1.165) is 0 Å². The van der Waals surface area contributed by atoms with E-state index in [4.69, 9.17) is 4.74 Å². The van der Waals surface area contributed by atoms with Gasteiger partial charge in [0.15, 0.2) is 0 Å². The molecule has 5 rings (SSSR count). The molecule has 2 aliphatic heterocycles. The summed E-state index contributed by atoms with van der Waals surface area (Å²) >= 11 is 1.35. The van der Waals surface area contributed by atoms with Crippen molar-refractivity contribution in [2.75, 3.05) is 62.7 Å². The highest BCUT2D eigenvalue weighted by Crippen LogP contribution is 2.30. The Morgan fingerprint density at radius 1 is 0.884 bits per heavy atom. The van der Waals surface area contributed by atoms with Crippen molar-refractivity contribution in [3.63, 3.8) is 0 Å². The largest absolute Gasteiger partial charge is 0.481 e. The first kappa shape index (κ1) is 30.0. The smallest absolute Gasteiger partial charge is 0.320 e. The summed E-state index contributed by atoms with van der Waals surface area (Å²) in [5.74, 6) is -2.50. The van der Waals surface area contributed by atoms with Crippen LogP contribution in [0.1, 0.15) is 38.1 Å². The number of amides is 4. The minimum absolute atomic E-state index is 0.0264. The number of carbonyl (C=O) groups is 4. The van der Waals surface area contributed by atoms with Crippen LogP contribution in [0.3, 0.4) is 0 Å². The predicted octanol–water partition coefficient (Wildman–Crippen LogP) is 3.66. The summed E-state index contributed by atoms with van der Waals surface area (Å²) in [4.78, 5) is 57.2. The molecule has 0 spiro atoms. The van der Waals surface area contributed by atoms with Crippen LogP contribution in [0.5, 0.6) is 0 Å². The summed E-state index contributed by atoms with van der Waals surface area (Å²) in [6.45, 7) is 4.10. The Balaban J connectivity index is 1.36. The standard InChI is InChI=1S/C30H32FN5O6S/c31-22-6-3-20(4-7-22)28(39)32-23-18-21(29(40)33-24(19-27(37)38)26-2-1-17-43-26)5-8-25(23)34-9-11-35(12-10-34)30(41)36-13-15-42-16-14-36/h1-8,17-18,24H,9-16,19H2,(H,32,39)(H,33,40)(H,37,38). The number of aliphatic carboxylic acids is 1. The van der Waals surface area contributed by atoms with Crippen molar-refractivity contribution in [2.24, 2.45) is 0 Å². The quantitative estimate of drug-likeness (QED) is 0.355. The molecule has 11 nitrogen and oxygen atoms in total. The first-order chi connectivity index (χ1) is 20.8. The van der Waals surface area contributed by atoms with Crippen molar-refractivity contribution in [1.82, 2.24) is 15.1 Å². The van der Waals surface area contributed by atoms with E-state index in [2.05, 4.69) is 10.6 Å². The number of thiophene rings is 1. The average Bonchev–Trinajstić information content (AvgIpc) is 3.56. The van der Waals surface area contributed by atoms with Crippen LogP contribution in [0.4, 0.5) is 20.6 Å². The molecule has 0 saturated carbocycles. The second-order valence-electron chi connectivity index (χ2n) is 10.2. The highest BCUT2D eigenvalue weighted by molar-refractivity contribution is 7.10. The Kier molecular flexibility index (Phi) is 9.52. The molecule has 226 valence electrons. The highest BCUT2D eigenvalue weighted by Gasteiger charge is 2.28. The molecule has 1 unspecified atom stereocenters. The van der Waals surface area contributed by atoms with Crippen molar-refractivity contribution in [2.45, 2.75) is 12.5 Å². The molecule has 43 heavy (non-hydrogen) atoms. The van der Waals surface area contributed by atoms with Crippen LogP contribution in [-0.4, -0.2) is 91.2 Å². The number of anilines is 2. The fourth-order valence-electron chi connectivity index (χ4n) is 5.07. The number of halogens is 1. The molecular formula is C30H32FN5O6S. The molecule has 1 aromatic heterocycles. The van der Waals surface area contributed by atoms with Crippen molar-refractivity contribution in [3.8, 4) is 0 Å². The van der Waals surface area contributed by atoms with Crippen LogP contribution in [0.2, 0.25) is 0 Å². The maximum absolute atomic E-state index is 13.5. The van der Waals surface area contributed by atoms with Crippen molar-refractivity contribution >= 4 is 46.5 Å². The number of piperazine rings is 1. The number of nitrogens with zero attached hydrogens (tertiary/aromatic N) is 3. The second-order valence-corrected chi connectivity index (χ2v) is 11.2. The van der Waals surface area contributed by atoms with Gasteiger partial charge >= 0.3 is 12.0 Å². The van der Waals surface area contributed by atoms with Gasteiger partial charge in [0, 0.05) is 55.3 Å². The normalized spacial score (nSPS) is 16.0. The molecule has 13 heteroatoms. The van der Waals surface area contributed by atoms with E-state index in [1.165, 1.54) is 35.6 Å². The van der Waals surface area contributed by atoms with E-state index in [1.807, 2.05) is 10.3 Å². The molecular weight excluding hydrogens is 577 g/mol. The van der Waals surface area contributed by atoms with Crippen LogP contribution < -0.4 is 15.5 Å². The second kappa shape index (κ2) is 13.7. The van der Waals surface area contributed by atoms with E-state index >= 15 is 0 Å². The minimum atomic E-state index is -1.05. The Labute approximate surface area is 251 Å². The molecule has 0 bridgehead atoms. The van der Waals surface area contributed by atoms with Crippen LogP contribution >= 0.6 is 11.3 Å². The van der Waals surface area contributed by atoms with Crippen molar-refractivity contribution in [3.05, 3.63) is 81.8 Å². The summed E-state index contributed by atoms with van der Waals surface area (Å²) in [7, 11) is 0. The summed E-state index contributed by atoms with van der Waals surface area (Å²) in [6, 6.07) is 12.8. The zero-order chi connectivity index (χ0) is 30.3. The number of benzene rings is 2. The number of ether oxygens (including phenoxy) is 1. The van der Waals surface area contributed by atoms with E-state index < -0.39 is 29.6 Å². The zero-order valence-electron chi connectivity index (χ0n) is 23.3. The van der Waals surface area contributed by atoms with Crippen molar-refractivity contribution < 1.29 is 33.4 Å². The molecule has 3 aromatic rings. The number of carboxylic acids is 1. The number of morpholine rings is 1. The van der Waals surface area contributed by atoms with E-state index in [1.54, 1.807) is 40.1 Å². The molecule has 3 heterocycles. The molecule has 0 aliphatic carbocycles. The Morgan fingerprint density at radius 2 is 1.56 bits per heavy atom. The van der Waals surface area contributed by atoms with Gasteiger partial charge in [-0.15, -0.1) is 11.3 Å². The van der Waals surface area contributed by atoms with E-state index in [0.29, 0.717) is 68.7 Å². The fourth-order valence-corrected chi connectivity index (χ4v) is 5.85. The van der Waals surface area contributed by atoms with Gasteiger partial charge in [0.1, 0.15) is 5.82 Å². The number of carbonyl (C=O) groups excluding carboxylic acids is 3. The van der Waals surface area contributed by atoms with Crippen LogP contribution in [-0.2, 0) is 9.53 Å². The van der Waals surface area contributed by atoms with E-state index in [9.17, 15) is 28.7 Å². The molecule has 1 atom stereocenters. The summed E-state index contributed by atoms with van der Waals surface area (Å²) in [5, 5.41) is 16.9. The van der Waals surface area contributed by atoms with Crippen LogP contribution in [0, 0.1) is 5.82 Å². The third-order valence-corrected chi connectivity index (χ3v) is 8.34. The molecule has 4 amide bonds. The molecule has 2 saturated heterocycles. The van der Waals surface area contributed by atoms with Gasteiger partial charge in [0.2, 0.25) is 0 Å². The number of hydrogen-bond acceptors (Lipinski definition) is 7. The lowest BCUT2D eigenvalue weighted by Crippen LogP contribution is -2.54. The third kappa shape index (κ3) is 7.48. The predicted molar refractivity (Wildman–Crippen MR) is 159 cm³/mol. The van der Waals surface area contributed by atoms with Crippen LogP contribution in [0.15, 0.2) is 60.0 Å².